The lowest BCUT2D eigenvalue weighted by Gasteiger charge is -2.50. The summed E-state index contributed by atoms with van der Waals surface area (Å²) in [6, 6.07) is 8.57. The third-order valence-electron chi connectivity index (χ3n) is 4.65. The van der Waals surface area contributed by atoms with E-state index in [1.54, 1.807) is 0 Å². The number of alkyl halides is 1. The molecule has 1 fully saturated rings. The molecule has 1 nitrogen and oxygen atoms in total. The lowest BCUT2D eigenvalue weighted by atomic mass is 9.65. The zero-order valence-electron chi connectivity index (χ0n) is 12.3. The van der Waals surface area contributed by atoms with Crippen LogP contribution in [0, 0.1) is 5.41 Å². The van der Waals surface area contributed by atoms with Gasteiger partial charge in [0.05, 0.1) is 0 Å². The van der Waals surface area contributed by atoms with E-state index in [-0.39, 0.29) is 16.9 Å². The predicted molar refractivity (Wildman–Crippen MR) is 82.1 cm³/mol. The molecule has 3 atom stereocenters. The van der Waals surface area contributed by atoms with Crippen molar-refractivity contribution in [2.24, 2.45) is 5.41 Å². The molecule has 1 saturated carbocycles. The Morgan fingerprint density at radius 3 is 2.47 bits per heavy atom. The molecular weight excluding hydrogens is 256 g/mol. The Hall–Kier alpha value is -0.690. The lowest BCUT2D eigenvalue weighted by molar-refractivity contribution is -0.0294. The Labute approximate surface area is 122 Å². The van der Waals surface area contributed by atoms with E-state index in [1.807, 2.05) is 0 Å². The van der Waals surface area contributed by atoms with E-state index in [4.69, 9.17) is 16.3 Å². The summed E-state index contributed by atoms with van der Waals surface area (Å²) in [6.07, 6.45) is 5.96. The molecule has 0 aliphatic heterocycles. The summed E-state index contributed by atoms with van der Waals surface area (Å²) >= 11 is 6.32. The molecule has 1 aromatic rings. The summed E-state index contributed by atoms with van der Waals surface area (Å²) in [4.78, 5) is 0. The second kappa shape index (κ2) is 6.17. The van der Waals surface area contributed by atoms with Crippen LogP contribution >= 0.6 is 11.6 Å². The molecule has 19 heavy (non-hydrogen) atoms. The smallest absolute Gasteiger partial charge is 0.119 e. The highest BCUT2D eigenvalue weighted by atomic mass is 35.5. The maximum absolute atomic E-state index is 6.32. The van der Waals surface area contributed by atoms with Crippen LogP contribution in [0.2, 0.25) is 0 Å². The Morgan fingerprint density at radius 1 is 1.26 bits per heavy atom. The van der Waals surface area contributed by atoms with Gasteiger partial charge in [-0.1, -0.05) is 39.3 Å². The van der Waals surface area contributed by atoms with Gasteiger partial charge in [-0.25, -0.2) is 0 Å². The summed E-state index contributed by atoms with van der Waals surface area (Å²) in [6.45, 7) is 6.65. The largest absolute Gasteiger partial charge is 0.490 e. The molecule has 0 N–H and O–H groups in total. The second-order valence-corrected chi connectivity index (χ2v) is 6.44. The molecule has 2 heteroatoms. The fraction of sp³-hybridized carbons (Fsp3) is 0.647. The van der Waals surface area contributed by atoms with E-state index < -0.39 is 0 Å². The van der Waals surface area contributed by atoms with Gasteiger partial charge in [0.2, 0.25) is 0 Å². The van der Waals surface area contributed by atoms with Crippen molar-refractivity contribution in [2.75, 3.05) is 0 Å². The Morgan fingerprint density at radius 2 is 1.95 bits per heavy atom. The van der Waals surface area contributed by atoms with Crippen molar-refractivity contribution in [3.05, 3.63) is 29.8 Å². The molecule has 0 saturated heterocycles. The van der Waals surface area contributed by atoms with Gasteiger partial charge in [-0.2, -0.15) is 0 Å². The van der Waals surface area contributed by atoms with E-state index in [0.29, 0.717) is 0 Å². The maximum atomic E-state index is 6.32. The second-order valence-electron chi connectivity index (χ2n) is 5.92. The van der Waals surface area contributed by atoms with Gasteiger partial charge in [-0.3, -0.25) is 0 Å². The van der Waals surface area contributed by atoms with E-state index in [1.165, 1.54) is 18.4 Å². The van der Waals surface area contributed by atoms with Crippen molar-refractivity contribution < 1.29 is 4.74 Å². The monoisotopic (exact) mass is 280 g/mol. The molecule has 1 aliphatic carbocycles. The Bertz CT molecular complexity index is 400. The molecule has 0 spiro atoms. The van der Waals surface area contributed by atoms with Gasteiger partial charge in [-0.15, -0.1) is 11.6 Å². The topological polar surface area (TPSA) is 9.23 Å². The molecular formula is C17H25ClO. The first-order chi connectivity index (χ1) is 9.10. The van der Waals surface area contributed by atoms with Crippen molar-refractivity contribution in [2.45, 2.75) is 64.4 Å². The lowest BCUT2D eigenvalue weighted by Crippen LogP contribution is -2.55. The average molecular weight is 281 g/mol. The normalized spacial score (nSPS) is 29.9. The summed E-state index contributed by atoms with van der Waals surface area (Å²) in [5.41, 5.74) is 1.53. The van der Waals surface area contributed by atoms with Crippen LogP contribution < -0.4 is 4.74 Å². The molecule has 0 amide bonds. The third-order valence-corrected chi connectivity index (χ3v) is 5.33. The number of halogens is 1. The van der Waals surface area contributed by atoms with Gasteiger partial charge in [0.25, 0.3) is 0 Å². The van der Waals surface area contributed by atoms with Crippen LogP contribution in [-0.2, 0) is 6.42 Å². The minimum atomic E-state index is 0.127. The van der Waals surface area contributed by atoms with Gasteiger partial charge in [0.15, 0.2) is 0 Å². The molecule has 0 bridgehead atoms. The van der Waals surface area contributed by atoms with E-state index >= 15 is 0 Å². The van der Waals surface area contributed by atoms with Crippen LogP contribution in [-0.4, -0.2) is 11.5 Å². The van der Waals surface area contributed by atoms with Gasteiger partial charge < -0.3 is 4.74 Å². The fourth-order valence-electron chi connectivity index (χ4n) is 2.68. The number of benzene rings is 1. The number of hydrogen-bond donors (Lipinski definition) is 0. The molecule has 0 aromatic heterocycles. The highest BCUT2D eigenvalue weighted by Gasteiger charge is 2.51. The van der Waals surface area contributed by atoms with Crippen LogP contribution in [0.1, 0.15) is 52.0 Å². The predicted octanol–water partition coefficient (Wildman–Crippen LogP) is 5.20. The minimum absolute atomic E-state index is 0.127. The Balaban J connectivity index is 1.93. The molecule has 0 heterocycles. The quantitative estimate of drug-likeness (QED) is 0.651. The van der Waals surface area contributed by atoms with Gasteiger partial charge in [-0.05, 0) is 37.0 Å². The van der Waals surface area contributed by atoms with Gasteiger partial charge in [0.1, 0.15) is 11.9 Å². The van der Waals surface area contributed by atoms with E-state index in [9.17, 15) is 0 Å². The van der Waals surface area contributed by atoms with Crippen LogP contribution in [0.5, 0.6) is 5.75 Å². The number of hydrogen-bond acceptors (Lipinski definition) is 1. The number of ether oxygens (including phenoxy) is 1. The zero-order valence-corrected chi connectivity index (χ0v) is 13.0. The summed E-state index contributed by atoms with van der Waals surface area (Å²) in [7, 11) is 0. The number of unbranched alkanes of at least 4 members (excludes halogenated alkanes) is 1. The summed E-state index contributed by atoms with van der Waals surface area (Å²) < 4.78 is 6.10. The van der Waals surface area contributed by atoms with Crippen LogP contribution in [0.15, 0.2) is 24.3 Å². The van der Waals surface area contributed by atoms with E-state index in [0.717, 1.165) is 25.0 Å². The first-order valence-electron chi connectivity index (χ1n) is 7.49. The van der Waals surface area contributed by atoms with E-state index in [2.05, 4.69) is 45.0 Å². The summed E-state index contributed by atoms with van der Waals surface area (Å²) in [5.74, 6) is 0.980. The van der Waals surface area contributed by atoms with Crippen molar-refractivity contribution in [3.63, 3.8) is 0 Å². The zero-order chi connectivity index (χ0) is 13.9. The fourth-order valence-corrected chi connectivity index (χ4v) is 3.14. The van der Waals surface area contributed by atoms with Crippen molar-refractivity contribution in [1.29, 1.82) is 0 Å². The maximum Gasteiger partial charge on any atom is 0.119 e. The molecule has 1 aliphatic rings. The standard InChI is InChI=1S/C17H25ClO/c1-4-6-7-13-8-10-14(11-9-13)19-16-12-15(18)17(16,3)5-2/h8-11,15-16H,4-7,12H2,1-3H3. The first-order valence-corrected chi connectivity index (χ1v) is 7.93. The van der Waals surface area contributed by atoms with Gasteiger partial charge >= 0.3 is 0 Å². The molecule has 3 unspecified atom stereocenters. The Kier molecular flexibility index (Phi) is 4.78. The van der Waals surface area contributed by atoms with Gasteiger partial charge in [0, 0.05) is 17.2 Å². The molecule has 106 valence electrons. The highest BCUT2D eigenvalue weighted by Crippen LogP contribution is 2.49. The van der Waals surface area contributed by atoms with Crippen LogP contribution in [0.25, 0.3) is 0 Å². The third kappa shape index (κ3) is 3.08. The molecule has 1 aromatic carbocycles. The van der Waals surface area contributed by atoms with Crippen molar-refractivity contribution in [3.8, 4) is 5.75 Å². The average Bonchev–Trinajstić information content (AvgIpc) is 2.45. The van der Waals surface area contributed by atoms with Crippen LogP contribution in [0.3, 0.4) is 0 Å². The summed E-state index contributed by atoms with van der Waals surface area (Å²) in [5, 5.41) is 0.256. The molecule has 2 rings (SSSR count). The van der Waals surface area contributed by atoms with Crippen molar-refractivity contribution in [1.82, 2.24) is 0 Å². The van der Waals surface area contributed by atoms with Crippen molar-refractivity contribution >= 4 is 11.6 Å². The van der Waals surface area contributed by atoms with Crippen LogP contribution in [0.4, 0.5) is 0 Å². The minimum Gasteiger partial charge on any atom is -0.490 e. The number of rotatable bonds is 6. The highest BCUT2D eigenvalue weighted by molar-refractivity contribution is 6.21. The first kappa shape index (κ1) is 14.7. The number of aryl methyl sites for hydroxylation is 1. The molecule has 0 radical (unpaired) electrons. The SMILES string of the molecule is CCCCc1ccc(OC2CC(Cl)C2(C)CC)cc1.